The van der Waals surface area contributed by atoms with Crippen molar-refractivity contribution in [2.75, 3.05) is 38.2 Å². The number of carbonyl (C=O) groups is 1. The number of benzene rings is 1. The number of likely N-dealkylation sites (N-methyl/N-ethyl adjacent to an activating group) is 2. The third-order valence-corrected chi connectivity index (χ3v) is 4.52. The van der Waals surface area contributed by atoms with E-state index in [1.165, 1.54) is 24.5 Å². The number of hydrogen-bond acceptors (Lipinski definition) is 6. The standard InChI is InChI=1S/C18H23FN6O2/c1-24-7-3-4-13(10-24)25(2)18(26)23-16-9-17(22-11-21-16)27-15-6-5-12(20)8-14(15)19/h5-6,8-9,11,13H,3-4,7,10,20H2,1-2H3,(H,21,22,23,26). The average Bonchev–Trinajstić information content (AvgIpc) is 2.64. The zero-order valence-corrected chi connectivity index (χ0v) is 15.4. The number of ether oxygens (including phenoxy) is 1. The number of carbonyl (C=O) groups excluding carboxylic acids is 1. The SMILES string of the molecule is CN1CCCC(N(C)C(=O)Nc2cc(Oc3ccc(N)cc3F)ncn2)C1. The molecule has 1 aliphatic heterocycles. The number of amides is 2. The number of nitrogen functional groups attached to an aromatic ring is 1. The Bertz CT molecular complexity index is 818. The number of likely N-dealkylation sites (tertiary alicyclic amines) is 1. The Morgan fingerprint density at radius 2 is 2.22 bits per heavy atom. The summed E-state index contributed by atoms with van der Waals surface area (Å²) in [5, 5.41) is 2.73. The van der Waals surface area contributed by atoms with E-state index in [9.17, 15) is 9.18 Å². The van der Waals surface area contributed by atoms with Crippen LogP contribution in [-0.4, -0.2) is 59.0 Å². The highest BCUT2D eigenvalue weighted by Crippen LogP contribution is 2.25. The lowest BCUT2D eigenvalue weighted by Gasteiger charge is -2.35. The highest BCUT2D eigenvalue weighted by Gasteiger charge is 2.24. The van der Waals surface area contributed by atoms with Gasteiger partial charge in [0.1, 0.15) is 12.1 Å². The highest BCUT2D eigenvalue weighted by molar-refractivity contribution is 5.88. The quantitative estimate of drug-likeness (QED) is 0.799. The van der Waals surface area contributed by atoms with Gasteiger partial charge in [-0.1, -0.05) is 0 Å². The van der Waals surface area contributed by atoms with Crippen LogP contribution in [-0.2, 0) is 0 Å². The summed E-state index contributed by atoms with van der Waals surface area (Å²) in [7, 11) is 3.81. The van der Waals surface area contributed by atoms with E-state index in [-0.39, 0.29) is 29.5 Å². The van der Waals surface area contributed by atoms with Crippen molar-refractivity contribution >= 4 is 17.5 Å². The smallest absolute Gasteiger partial charge is 0.323 e. The predicted octanol–water partition coefficient (Wildman–Crippen LogP) is 2.55. The van der Waals surface area contributed by atoms with Crippen LogP contribution in [0, 0.1) is 5.82 Å². The number of rotatable bonds is 4. The van der Waals surface area contributed by atoms with Gasteiger partial charge in [0.15, 0.2) is 11.6 Å². The lowest BCUT2D eigenvalue weighted by atomic mass is 10.1. The minimum absolute atomic E-state index is 0.0115. The molecule has 2 aromatic rings. The van der Waals surface area contributed by atoms with Crippen molar-refractivity contribution in [2.45, 2.75) is 18.9 Å². The number of nitrogens with two attached hydrogens (primary N) is 1. The fourth-order valence-electron chi connectivity index (χ4n) is 3.00. The van der Waals surface area contributed by atoms with Gasteiger partial charge >= 0.3 is 6.03 Å². The molecule has 1 unspecified atom stereocenters. The van der Waals surface area contributed by atoms with Gasteiger partial charge in [0.05, 0.1) is 0 Å². The maximum absolute atomic E-state index is 13.9. The molecule has 1 atom stereocenters. The third-order valence-electron chi connectivity index (χ3n) is 4.52. The van der Waals surface area contributed by atoms with Crippen molar-refractivity contribution in [1.29, 1.82) is 0 Å². The van der Waals surface area contributed by atoms with Gasteiger partial charge < -0.3 is 20.3 Å². The fourth-order valence-corrected chi connectivity index (χ4v) is 3.00. The van der Waals surface area contributed by atoms with Crippen LogP contribution in [0.4, 0.5) is 20.7 Å². The van der Waals surface area contributed by atoms with Gasteiger partial charge in [-0.05, 0) is 38.6 Å². The number of piperidine rings is 1. The predicted molar refractivity (Wildman–Crippen MR) is 100 cm³/mol. The van der Waals surface area contributed by atoms with E-state index in [0.29, 0.717) is 5.69 Å². The van der Waals surface area contributed by atoms with Crippen molar-refractivity contribution in [3.8, 4) is 11.6 Å². The van der Waals surface area contributed by atoms with Crippen LogP contribution in [0.1, 0.15) is 12.8 Å². The van der Waals surface area contributed by atoms with Crippen LogP contribution < -0.4 is 15.8 Å². The fraction of sp³-hybridized carbons (Fsp3) is 0.389. The molecule has 27 heavy (non-hydrogen) atoms. The first-order valence-electron chi connectivity index (χ1n) is 8.69. The Kier molecular flexibility index (Phi) is 5.70. The Balaban J connectivity index is 1.65. The zero-order chi connectivity index (χ0) is 19.4. The molecule has 2 heterocycles. The van der Waals surface area contributed by atoms with Crippen LogP contribution in [0.2, 0.25) is 0 Å². The van der Waals surface area contributed by atoms with Crippen LogP contribution >= 0.6 is 0 Å². The Labute approximate surface area is 157 Å². The summed E-state index contributed by atoms with van der Waals surface area (Å²) >= 11 is 0. The largest absolute Gasteiger partial charge is 0.436 e. The van der Waals surface area contributed by atoms with E-state index < -0.39 is 5.82 Å². The van der Waals surface area contributed by atoms with E-state index in [2.05, 4.69) is 20.2 Å². The number of aromatic nitrogens is 2. The molecule has 0 spiro atoms. The first-order chi connectivity index (χ1) is 12.9. The van der Waals surface area contributed by atoms with Gasteiger partial charge in [-0.25, -0.2) is 19.2 Å². The molecule has 144 valence electrons. The number of urea groups is 1. The van der Waals surface area contributed by atoms with Crippen molar-refractivity contribution in [3.63, 3.8) is 0 Å². The van der Waals surface area contributed by atoms with E-state index in [4.69, 9.17) is 10.5 Å². The average molecular weight is 374 g/mol. The van der Waals surface area contributed by atoms with Crippen molar-refractivity contribution in [3.05, 3.63) is 36.4 Å². The Hall–Kier alpha value is -2.94. The topological polar surface area (TPSA) is 96.6 Å². The monoisotopic (exact) mass is 374 g/mol. The normalized spacial score (nSPS) is 17.4. The molecular weight excluding hydrogens is 351 g/mol. The molecule has 0 bridgehead atoms. The third kappa shape index (κ3) is 4.82. The molecule has 3 N–H and O–H groups in total. The van der Waals surface area contributed by atoms with Crippen molar-refractivity contribution < 1.29 is 13.9 Å². The number of nitrogens with zero attached hydrogens (tertiary/aromatic N) is 4. The van der Waals surface area contributed by atoms with E-state index >= 15 is 0 Å². The molecule has 9 heteroatoms. The van der Waals surface area contributed by atoms with E-state index in [1.54, 1.807) is 11.9 Å². The van der Waals surface area contributed by atoms with Gasteiger partial charge in [0, 0.05) is 37.5 Å². The van der Waals surface area contributed by atoms with Gasteiger partial charge in [-0.15, -0.1) is 0 Å². The van der Waals surface area contributed by atoms with Gasteiger partial charge in [0.25, 0.3) is 0 Å². The molecule has 0 radical (unpaired) electrons. The molecule has 0 aliphatic carbocycles. The van der Waals surface area contributed by atoms with Crippen LogP contribution in [0.25, 0.3) is 0 Å². The second kappa shape index (κ2) is 8.17. The summed E-state index contributed by atoms with van der Waals surface area (Å²) < 4.78 is 19.3. The number of anilines is 2. The molecule has 1 aliphatic rings. The molecule has 0 saturated carbocycles. The Morgan fingerprint density at radius 3 is 2.96 bits per heavy atom. The molecule has 2 amide bonds. The van der Waals surface area contributed by atoms with Crippen LogP contribution in [0.5, 0.6) is 11.6 Å². The van der Waals surface area contributed by atoms with Gasteiger partial charge in [0.2, 0.25) is 5.88 Å². The summed E-state index contributed by atoms with van der Waals surface area (Å²) in [5.41, 5.74) is 5.82. The maximum atomic E-state index is 13.9. The van der Waals surface area contributed by atoms with E-state index in [0.717, 1.165) is 32.0 Å². The first-order valence-corrected chi connectivity index (χ1v) is 8.69. The lowest BCUT2D eigenvalue weighted by Crippen LogP contribution is -2.48. The van der Waals surface area contributed by atoms with Crippen LogP contribution in [0.15, 0.2) is 30.6 Å². The number of nitrogens with one attached hydrogen (secondary N) is 1. The molecule has 1 saturated heterocycles. The van der Waals surface area contributed by atoms with Crippen molar-refractivity contribution in [2.24, 2.45) is 0 Å². The minimum Gasteiger partial charge on any atom is -0.436 e. The highest BCUT2D eigenvalue weighted by atomic mass is 19.1. The number of hydrogen-bond donors (Lipinski definition) is 2. The second-order valence-corrected chi connectivity index (χ2v) is 6.63. The lowest BCUT2D eigenvalue weighted by molar-refractivity contribution is 0.148. The summed E-state index contributed by atoms with van der Waals surface area (Å²) in [6.45, 7) is 1.87. The molecule has 1 fully saturated rings. The van der Waals surface area contributed by atoms with Crippen molar-refractivity contribution in [1.82, 2.24) is 19.8 Å². The van der Waals surface area contributed by atoms with Gasteiger partial charge in [-0.2, -0.15) is 0 Å². The van der Waals surface area contributed by atoms with E-state index in [1.807, 2.05) is 7.05 Å². The molecule has 1 aromatic heterocycles. The Morgan fingerprint density at radius 1 is 1.41 bits per heavy atom. The molecule has 3 rings (SSSR count). The zero-order valence-electron chi connectivity index (χ0n) is 15.4. The van der Waals surface area contributed by atoms with Crippen LogP contribution in [0.3, 0.4) is 0 Å². The summed E-state index contributed by atoms with van der Waals surface area (Å²) in [4.78, 5) is 24.4. The maximum Gasteiger partial charge on any atom is 0.323 e. The molecular formula is C18H23FN6O2. The summed E-state index contributed by atoms with van der Waals surface area (Å²) in [6, 6.07) is 5.42. The minimum atomic E-state index is -0.597. The summed E-state index contributed by atoms with van der Waals surface area (Å²) in [6.07, 6.45) is 3.26. The second-order valence-electron chi connectivity index (χ2n) is 6.63. The summed E-state index contributed by atoms with van der Waals surface area (Å²) in [5.74, 6) is -0.219. The number of halogens is 1. The van der Waals surface area contributed by atoms with Gasteiger partial charge in [-0.3, -0.25) is 5.32 Å². The molecule has 8 nitrogen and oxygen atoms in total. The first kappa shape index (κ1) is 18.8. The molecule has 1 aromatic carbocycles.